The van der Waals surface area contributed by atoms with Gasteiger partial charge in [-0.25, -0.2) is 8.42 Å². The molecule has 1 fully saturated rings. The molecule has 2 aromatic carbocycles. The zero-order valence-electron chi connectivity index (χ0n) is 15.7. The van der Waals surface area contributed by atoms with Gasteiger partial charge in [0.25, 0.3) is 5.91 Å². The van der Waals surface area contributed by atoms with Gasteiger partial charge in [0.15, 0.2) is 0 Å². The average molecular weight is 486 g/mol. The van der Waals surface area contributed by atoms with Crippen molar-refractivity contribution in [2.24, 2.45) is 0 Å². The van der Waals surface area contributed by atoms with E-state index in [1.54, 1.807) is 43.4 Å². The lowest BCUT2D eigenvalue weighted by Gasteiger charge is -2.32. The molecular weight excluding hydrogens is 464 g/mol. The Morgan fingerprint density at radius 1 is 1.21 bits per heavy atom. The summed E-state index contributed by atoms with van der Waals surface area (Å²) in [5.74, 6) is -0.326. The van der Waals surface area contributed by atoms with E-state index in [0.29, 0.717) is 22.8 Å². The van der Waals surface area contributed by atoms with Crippen molar-refractivity contribution in [3.05, 3.63) is 57.5 Å². The third kappa shape index (κ3) is 4.27. The number of sulfonamides is 1. The van der Waals surface area contributed by atoms with Crippen LogP contribution in [0.15, 0.2) is 51.8 Å². The topological polar surface area (TPSA) is 57.7 Å². The number of nitrogens with zero attached hydrogens (tertiary/aromatic N) is 2. The fourth-order valence-electron chi connectivity index (χ4n) is 3.41. The van der Waals surface area contributed by atoms with Crippen molar-refractivity contribution in [3.63, 3.8) is 0 Å². The number of anilines is 1. The average Bonchev–Trinajstić information content (AvgIpc) is 2.67. The maximum atomic E-state index is 13.1. The van der Waals surface area contributed by atoms with Crippen molar-refractivity contribution < 1.29 is 13.2 Å². The molecule has 0 aromatic heterocycles. The second kappa shape index (κ2) is 8.53. The van der Waals surface area contributed by atoms with E-state index in [9.17, 15) is 13.2 Å². The molecular formula is C20H22BrClN2O3S. The number of hydrogen-bond donors (Lipinski definition) is 0. The van der Waals surface area contributed by atoms with Crippen molar-refractivity contribution in [3.8, 4) is 0 Å². The maximum absolute atomic E-state index is 13.1. The number of halogens is 2. The van der Waals surface area contributed by atoms with Gasteiger partial charge in [-0.05, 0) is 56.2 Å². The molecule has 0 bridgehead atoms. The fourth-order valence-corrected chi connectivity index (χ4v) is 5.96. The van der Waals surface area contributed by atoms with Crippen molar-refractivity contribution in [1.82, 2.24) is 4.31 Å². The molecule has 1 saturated heterocycles. The summed E-state index contributed by atoms with van der Waals surface area (Å²) in [6.45, 7) is 2.44. The highest BCUT2D eigenvalue weighted by Crippen LogP contribution is 2.30. The Bertz CT molecular complexity index is 997. The predicted molar refractivity (Wildman–Crippen MR) is 116 cm³/mol. The molecule has 0 aliphatic carbocycles. The minimum absolute atomic E-state index is 0.0395. The second-order valence-corrected chi connectivity index (χ2v) is 10.2. The molecule has 5 nitrogen and oxygen atoms in total. The van der Waals surface area contributed by atoms with E-state index in [4.69, 9.17) is 11.6 Å². The third-order valence-corrected chi connectivity index (χ3v) is 7.81. The number of benzene rings is 2. The lowest BCUT2D eigenvalue weighted by Crippen LogP contribution is -2.42. The maximum Gasteiger partial charge on any atom is 0.258 e. The normalized spacial score (nSPS) is 18.1. The summed E-state index contributed by atoms with van der Waals surface area (Å²) in [6.07, 6.45) is 2.74. The zero-order chi connectivity index (χ0) is 20.5. The number of hydrogen-bond acceptors (Lipinski definition) is 3. The standard InChI is InChI=1S/C20H22BrClN2O3S/c1-14-6-3-4-11-24(14)28(26,27)17-8-5-7-15(12-17)20(25)23(2)19-10-9-16(21)13-18(19)22/h5,7-10,12-14H,3-4,6,11H2,1-2H3. The van der Waals surface area contributed by atoms with Crippen molar-refractivity contribution in [2.45, 2.75) is 37.1 Å². The van der Waals surface area contributed by atoms with Crippen LogP contribution in [0.3, 0.4) is 0 Å². The lowest BCUT2D eigenvalue weighted by molar-refractivity contribution is 0.0993. The molecule has 150 valence electrons. The van der Waals surface area contributed by atoms with Gasteiger partial charge in [0.2, 0.25) is 10.0 Å². The number of piperidine rings is 1. The van der Waals surface area contributed by atoms with E-state index in [1.807, 2.05) is 6.92 Å². The van der Waals surface area contributed by atoms with Gasteiger partial charge in [-0.2, -0.15) is 4.31 Å². The molecule has 1 unspecified atom stereocenters. The molecule has 1 heterocycles. The molecule has 1 amide bonds. The van der Waals surface area contributed by atoms with Crippen LogP contribution in [0.5, 0.6) is 0 Å². The fraction of sp³-hybridized carbons (Fsp3) is 0.350. The molecule has 0 radical (unpaired) electrons. The highest BCUT2D eigenvalue weighted by Gasteiger charge is 2.31. The first kappa shape index (κ1) is 21.3. The summed E-state index contributed by atoms with van der Waals surface area (Å²) >= 11 is 9.59. The van der Waals surface area contributed by atoms with Gasteiger partial charge in [0, 0.05) is 29.7 Å². The second-order valence-electron chi connectivity index (χ2n) is 6.95. The SMILES string of the molecule is CC1CCCCN1S(=O)(=O)c1cccc(C(=O)N(C)c2ccc(Br)cc2Cl)c1. The number of carbonyl (C=O) groups is 1. The smallest absolute Gasteiger partial charge is 0.258 e. The van der Waals surface area contributed by atoms with Crippen LogP contribution in [-0.4, -0.2) is 38.3 Å². The summed E-state index contributed by atoms with van der Waals surface area (Å²) in [5, 5.41) is 0.427. The van der Waals surface area contributed by atoms with Crippen molar-refractivity contribution in [2.75, 3.05) is 18.5 Å². The molecule has 8 heteroatoms. The van der Waals surface area contributed by atoms with Gasteiger partial charge < -0.3 is 4.90 Å². The van der Waals surface area contributed by atoms with E-state index < -0.39 is 10.0 Å². The van der Waals surface area contributed by atoms with Gasteiger partial charge in [0.1, 0.15) is 0 Å². The highest BCUT2D eigenvalue weighted by atomic mass is 79.9. The van der Waals surface area contributed by atoms with Gasteiger partial charge in [0.05, 0.1) is 15.6 Å². The molecule has 1 atom stereocenters. The van der Waals surface area contributed by atoms with Gasteiger partial charge >= 0.3 is 0 Å². The van der Waals surface area contributed by atoms with E-state index in [2.05, 4.69) is 15.9 Å². The monoisotopic (exact) mass is 484 g/mol. The van der Waals surface area contributed by atoms with E-state index in [-0.39, 0.29) is 16.8 Å². The van der Waals surface area contributed by atoms with Crippen molar-refractivity contribution >= 4 is 49.1 Å². The van der Waals surface area contributed by atoms with Crippen LogP contribution in [0, 0.1) is 0 Å². The van der Waals surface area contributed by atoms with Crippen LogP contribution in [0.1, 0.15) is 36.5 Å². The van der Waals surface area contributed by atoms with E-state index in [1.165, 1.54) is 15.3 Å². The quantitative estimate of drug-likeness (QED) is 0.616. The summed E-state index contributed by atoms with van der Waals surface area (Å²) in [5.41, 5.74) is 0.847. The summed E-state index contributed by atoms with van der Waals surface area (Å²) in [7, 11) is -2.02. The Labute approximate surface area is 179 Å². The van der Waals surface area contributed by atoms with Crippen LogP contribution >= 0.6 is 27.5 Å². The lowest BCUT2D eigenvalue weighted by atomic mass is 10.1. The van der Waals surface area contributed by atoms with Gasteiger partial charge in [-0.3, -0.25) is 4.79 Å². The Balaban J connectivity index is 1.91. The molecule has 28 heavy (non-hydrogen) atoms. The highest BCUT2D eigenvalue weighted by molar-refractivity contribution is 9.10. The minimum Gasteiger partial charge on any atom is -0.310 e. The number of carbonyl (C=O) groups excluding carboxylic acids is 1. The van der Waals surface area contributed by atoms with Crippen LogP contribution < -0.4 is 4.90 Å². The molecule has 3 rings (SSSR count). The van der Waals surface area contributed by atoms with Gasteiger partial charge in [-0.15, -0.1) is 0 Å². The predicted octanol–water partition coefficient (Wildman–Crippen LogP) is 4.94. The summed E-state index contributed by atoms with van der Waals surface area (Å²) in [4.78, 5) is 14.5. The van der Waals surface area contributed by atoms with Gasteiger partial charge in [-0.1, -0.05) is 40.0 Å². The van der Waals surface area contributed by atoms with Crippen LogP contribution in [-0.2, 0) is 10.0 Å². The zero-order valence-corrected chi connectivity index (χ0v) is 18.9. The summed E-state index contributed by atoms with van der Waals surface area (Å²) in [6, 6.07) is 11.4. The van der Waals surface area contributed by atoms with E-state index >= 15 is 0 Å². The Hall–Kier alpha value is -1.41. The molecule has 0 spiro atoms. The minimum atomic E-state index is -3.64. The molecule has 1 aliphatic heterocycles. The number of amides is 1. The molecule has 2 aromatic rings. The largest absolute Gasteiger partial charge is 0.310 e. The Morgan fingerprint density at radius 3 is 2.64 bits per heavy atom. The molecule has 0 N–H and O–H groups in total. The summed E-state index contributed by atoms with van der Waals surface area (Å²) < 4.78 is 28.5. The van der Waals surface area contributed by atoms with Crippen LogP contribution in [0.25, 0.3) is 0 Å². The Morgan fingerprint density at radius 2 is 1.96 bits per heavy atom. The van der Waals surface area contributed by atoms with Crippen molar-refractivity contribution in [1.29, 1.82) is 0 Å². The molecule has 1 aliphatic rings. The Kier molecular flexibility index (Phi) is 6.49. The first-order valence-electron chi connectivity index (χ1n) is 9.07. The number of rotatable bonds is 4. The van der Waals surface area contributed by atoms with E-state index in [0.717, 1.165) is 23.7 Å². The first-order chi connectivity index (χ1) is 13.2. The third-order valence-electron chi connectivity index (χ3n) is 5.01. The van der Waals surface area contributed by atoms with Crippen LogP contribution in [0.2, 0.25) is 5.02 Å². The van der Waals surface area contributed by atoms with Crippen LogP contribution in [0.4, 0.5) is 5.69 Å². The first-order valence-corrected chi connectivity index (χ1v) is 11.7. The molecule has 0 saturated carbocycles.